The van der Waals surface area contributed by atoms with Gasteiger partial charge in [0, 0.05) is 24.7 Å². The first-order chi connectivity index (χ1) is 10.1. The Morgan fingerprint density at radius 3 is 3.00 bits per heavy atom. The van der Waals surface area contributed by atoms with E-state index >= 15 is 0 Å². The fourth-order valence-electron chi connectivity index (χ4n) is 2.14. The average molecular weight is 323 g/mol. The molecule has 0 unspecified atom stereocenters. The van der Waals surface area contributed by atoms with E-state index in [9.17, 15) is 9.50 Å². The van der Waals surface area contributed by atoms with Crippen LogP contribution in [0.2, 0.25) is 0 Å². The monoisotopic (exact) mass is 323 g/mol. The molecule has 0 aromatic heterocycles. The molecular formula is C14H14FN3OS2. The van der Waals surface area contributed by atoms with Crippen molar-refractivity contribution in [2.75, 3.05) is 13.1 Å². The standard InChI is InChI=1S/C14H14FN3OS2/c15-10-4-3-9(11(19)8-10)7-12-13(20)17-14(21-12)18-6-2-1-5-16-18/h3-4,7-8,16,19H,1-2,5-6H2. The third-order valence-corrected chi connectivity index (χ3v) is 4.70. The summed E-state index contributed by atoms with van der Waals surface area (Å²) in [6, 6.07) is 3.92. The van der Waals surface area contributed by atoms with Gasteiger partial charge in [-0.15, -0.1) is 0 Å². The third-order valence-electron chi connectivity index (χ3n) is 3.23. The van der Waals surface area contributed by atoms with Crippen molar-refractivity contribution in [3.8, 4) is 5.75 Å². The second kappa shape index (κ2) is 6.13. The van der Waals surface area contributed by atoms with Gasteiger partial charge < -0.3 is 5.11 Å². The molecule has 1 fully saturated rings. The summed E-state index contributed by atoms with van der Waals surface area (Å²) >= 11 is 6.73. The molecule has 0 atom stereocenters. The van der Waals surface area contributed by atoms with Crippen LogP contribution >= 0.6 is 24.0 Å². The highest BCUT2D eigenvalue weighted by Crippen LogP contribution is 2.33. The van der Waals surface area contributed by atoms with Crippen molar-refractivity contribution in [2.24, 2.45) is 4.99 Å². The van der Waals surface area contributed by atoms with Gasteiger partial charge in [-0.3, -0.25) is 5.01 Å². The van der Waals surface area contributed by atoms with E-state index in [1.54, 1.807) is 6.08 Å². The van der Waals surface area contributed by atoms with Gasteiger partial charge in [-0.1, -0.05) is 12.2 Å². The summed E-state index contributed by atoms with van der Waals surface area (Å²) in [5.74, 6) is -0.568. The highest BCUT2D eigenvalue weighted by molar-refractivity contribution is 8.19. The van der Waals surface area contributed by atoms with Crippen LogP contribution in [0.1, 0.15) is 18.4 Å². The predicted molar refractivity (Wildman–Crippen MR) is 87.6 cm³/mol. The zero-order valence-electron chi connectivity index (χ0n) is 11.2. The van der Waals surface area contributed by atoms with Gasteiger partial charge >= 0.3 is 0 Å². The number of aromatic hydroxyl groups is 1. The summed E-state index contributed by atoms with van der Waals surface area (Å²) in [6.45, 7) is 1.84. The summed E-state index contributed by atoms with van der Waals surface area (Å²) in [5, 5.41) is 12.6. The van der Waals surface area contributed by atoms with Crippen LogP contribution in [0.25, 0.3) is 6.08 Å². The maximum Gasteiger partial charge on any atom is 0.184 e. The first-order valence-corrected chi connectivity index (χ1v) is 7.88. The van der Waals surface area contributed by atoms with E-state index in [0.29, 0.717) is 10.6 Å². The summed E-state index contributed by atoms with van der Waals surface area (Å²) in [7, 11) is 0. The zero-order chi connectivity index (χ0) is 14.8. The minimum absolute atomic E-state index is 0.101. The van der Waals surface area contributed by atoms with Gasteiger partial charge in [-0.05, 0) is 42.8 Å². The van der Waals surface area contributed by atoms with Crippen molar-refractivity contribution in [3.63, 3.8) is 0 Å². The number of phenols is 1. The summed E-state index contributed by atoms with van der Waals surface area (Å²) in [4.78, 5) is 5.67. The number of nitrogens with one attached hydrogen (secondary N) is 1. The van der Waals surface area contributed by atoms with Crippen LogP contribution in [0.4, 0.5) is 4.39 Å². The molecule has 0 amide bonds. The van der Waals surface area contributed by atoms with E-state index < -0.39 is 5.82 Å². The molecule has 2 N–H and O–H groups in total. The van der Waals surface area contributed by atoms with Gasteiger partial charge in [0.2, 0.25) is 0 Å². The lowest BCUT2D eigenvalue weighted by Crippen LogP contribution is -2.45. The van der Waals surface area contributed by atoms with Crippen molar-refractivity contribution >= 4 is 40.2 Å². The zero-order valence-corrected chi connectivity index (χ0v) is 12.8. The van der Waals surface area contributed by atoms with E-state index in [2.05, 4.69) is 10.4 Å². The van der Waals surface area contributed by atoms with E-state index in [4.69, 9.17) is 12.2 Å². The number of hydrazine groups is 1. The number of rotatable bonds is 1. The van der Waals surface area contributed by atoms with E-state index in [1.165, 1.54) is 23.9 Å². The van der Waals surface area contributed by atoms with Gasteiger partial charge in [0.1, 0.15) is 16.6 Å². The summed E-state index contributed by atoms with van der Waals surface area (Å²) in [6.07, 6.45) is 4.02. The summed E-state index contributed by atoms with van der Waals surface area (Å²) in [5.41, 5.74) is 3.81. The number of thiocarbonyl (C=S) groups is 1. The molecule has 2 heterocycles. The van der Waals surface area contributed by atoms with Crippen molar-refractivity contribution in [1.29, 1.82) is 0 Å². The first-order valence-electron chi connectivity index (χ1n) is 6.65. The molecule has 0 spiro atoms. The maximum atomic E-state index is 13.0. The van der Waals surface area contributed by atoms with Crippen LogP contribution in [-0.4, -0.2) is 33.4 Å². The minimum atomic E-state index is -0.467. The molecule has 1 aromatic carbocycles. The molecule has 0 aliphatic carbocycles. The fraction of sp³-hybridized carbons (Fsp3) is 0.286. The Kier molecular flexibility index (Phi) is 4.23. The molecule has 0 bridgehead atoms. The Balaban J connectivity index is 1.79. The van der Waals surface area contributed by atoms with Gasteiger partial charge in [-0.2, -0.15) is 0 Å². The van der Waals surface area contributed by atoms with Gasteiger partial charge in [0.15, 0.2) is 5.17 Å². The number of aliphatic imine (C=N–C) groups is 1. The number of nitrogens with zero attached hydrogens (tertiary/aromatic N) is 2. The van der Waals surface area contributed by atoms with Crippen molar-refractivity contribution in [2.45, 2.75) is 12.8 Å². The molecule has 0 radical (unpaired) electrons. The number of thioether (sulfide) groups is 1. The number of phenolic OH excluding ortho intramolecular Hbond substituents is 1. The molecule has 21 heavy (non-hydrogen) atoms. The van der Waals surface area contributed by atoms with Gasteiger partial charge in [-0.25, -0.2) is 14.8 Å². The molecule has 110 valence electrons. The third kappa shape index (κ3) is 3.25. The van der Waals surface area contributed by atoms with Crippen LogP contribution in [0, 0.1) is 5.82 Å². The Morgan fingerprint density at radius 2 is 2.29 bits per heavy atom. The van der Waals surface area contributed by atoms with Crippen molar-refractivity contribution in [1.82, 2.24) is 10.4 Å². The molecular weight excluding hydrogens is 309 g/mol. The van der Waals surface area contributed by atoms with Gasteiger partial charge in [0.05, 0.1) is 4.91 Å². The minimum Gasteiger partial charge on any atom is -0.507 e. The van der Waals surface area contributed by atoms with Crippen molar-refractivity contribution in [3.05, 3.63) is 34.5 Å². The molecule has 4 nitrogen and oxygen atoms in total. The maximum absolute atomic E-state index is 13.0. The van der Waals surface area contributed by atoms with Crippen LogP contribution in [0.3, 0.4) is 0 Å². The van der Waals surface area contributed by atoms with Crippen LogP contribution in [0.15, 0.2) is 28.1 Å². The lowest BCUT2D eigenvalue weighted by Gasteiger charge is -2.28. The van der Waals surface area contributed by atoms with Crippen LogP contribution in [-0.2, 0) is 0 Å². The molecule has 2 aliphatic rings. The molecule has 7 heteroatoms. The normalized spacial score (nSPS) is 21.0. The molecule has 0 saturated carbocycles. The second-order valence-electron chi connectivity index (χ2n) is 4.78. The molecule has 2 aliphatic heterocycles. The first kappa shape index (κ1) is 14.5. The van der Waals surface area contributed by atoms with E-state index in [1.807, 2.05) is 5.01 Å². The average Bonchev–Trinajstić information content (AvgIpc) is 2.84. The summed E-state index contributed by atoms with van der Waals surface area (Å²) < 4.78 is 13.0. The quantitative estimate of drug-likeness (QED) is 0.615. The highest BCUT2D eigenvalue weighted by atomic mass is 32.2. The number of hydrogen-bond donors (Lipinski definition) is 2. The van der Waals surface area contributed by atoms with Crippen LogP contribution < -0.4 is 5.43 Å². The smallest absolute Gasteiger partial charge is 0.184 e. The lowest BCUT2D eigenvalue weighted by atomic mass is 10.2. The molecule has 1 aromatic rings. The Hall–Kier alpha value is -1.44. The van der Waals surface area contributed by atoms with E-state index in [0.717, 1.165) is 42.1 Å². The van der Waals surface area contributed by atoms with Crippen LogP contribution in [0.5, 0.6) is 5.75 Å². The molecule has 1 saturated heterocycles. The predicted octanol–water partition coefficient (Wildman–Crippen LogP) is 2.90. The number of halogens is 1. The Bertz CT molecular complexity index is 639. The fourth-order valence-corrected chi connectivity index (χ4v) is 3.39. The number of amidine groups is 1. The topological polar surface area (TPSA) is 47.9 Å². The Labute approximate surface area is 131 Å². The second-order valence-corrected chi connectivity index (χ2v) is 6.18. The molecule has 3 rings (SSSR count). The van der Waals surface area contributed by atoms with Crippen molar-refractivity contribution < 1.29 is 9.50 Å². The SMILES string of the molecule is Oc1cc(F)ccc1C=C1SC(N2CCCCN2)=NC1=S. The lowest BCUT2D eigenvalue weighted by molar-refractivity contribution is 0.262. The largest absolute Gasteiger partial charge is 0.507 e. The Morgan fingerprint density at radius 1 is 1.43 bits per heavy atom. The number of benzene rings is 1. The van der Waals surface area contributed by atoms with E-state index in [-0.39, 0.29) is 5.75 Å². The highest BCUT2D eigenvalue weighted by Gasteiger charge is 2.24. The van der Waals surface area contributed by atoms with Gasteiger partial charge in [0.25, 0.3) is 0 Å². The number of hydrogen-bond acceptors (Lipinski definition) is 5.